The van der Waals surface area contributed by atoms with E-state index in [1.165, 1.54) is 44.5 Å². The third-order valence-electron chi connectivity index (χ3n) is 18.4. The van der Waals surface area contributed by atoms with E-state index in [0.717, 1.165) is 98.6 Å². The molecule has 0 bridgehead atoms. The average molecular weight is 1020 g/mol. The van der Waals surface area contributed by atoms with Gasteiger partial charge in [0.05, 0.1) is 85.1 Å². The summed E-state index contributed by atoms with van der Waals surface area (Å²) < 4.78 is 9.50. The second-order valence-corrected chi connectivity index (χ2v) is 23.0. The summed E-state index contributed by atoms with van der Waals surface area (Å²) in [5, 5.41) is 21.2. The smallest absolute Gasteiger partial charge is 0.232 e. The molecule has 0 spiro atoms. The van der Waals surface area contributed by atoms with Gasteiger partial charge in [-0.05, 0) is 105 Å². The number of hydrogen-bond acceptors (Lipinski definition) is 1. The van der Waals surface area contributed by atoms with Gasteiger partial charge in [0.1, 0.15) is 0 Å². The molecule has 0 saturated carbocycles. The van der Waals surface area contributed by atoms with Gasteiger partial charge in [0.2, 0.25) is 5.69 Å². The topological polar surface area (TPSA) is 47.9 Å². The lowest BCUT2D eigenvalue weighted by Crippen LogP contribution is -2.16. The van der Waals surface area contributed by atoms with E-state index in [1.54, 1.807) is 0 Å². The highest BCUT2D eigenvalue weighted by Crippen LogP contribution is 2.56. The maximum absolute atomic E-state index is 12.6. The normalized spacial score (nSPS) is 13.9. The van der Waals surface area contributed by atoms with Crippen LogP contribution in [0.4, 0.5) is 5.69 Å². The summed E-state index contributed by atoms with van der Waals surface area (Å²) in [6.45, 7) is 19.1. The molecule has 6 heteroatoms. The number of benzene rings is 11. The summed E-state index contributed by atoms with van der Waals surface area (Å²) in [7, 11) is 0. The highest BCUT2D eigenvalue weighted by atomic mass is 15.2. The third kappa shape index (κ3) is 5.49. The molecule has 4 heterocycles. The molecule has 4 aromatic heterocycles. The first-order chi connectivity index (χ1) is 39.2. The van der Waals surface area contributed by atoms with Crippen LogP contribution in [0, 0.1) is 17.9 Å². The van der Waals surface area contributed by atoms with E-state index in [9.17, 15) is 11.8 Å². The molecule has 0 amide bonds. The lowest BCUT2D eigenvalue weighted by molar-refractivity contribution is 0.661. The van der Waals surface area contributed by atoms with E-state index in [2.05, 4.69) is 270 Å². The molecular weight excluding hydrogens is 973 g/mol. The minimum atomic E-state index is -0.252. The lowest BCUT2D eigenvalue weighted by Gasteiger charge is -2.28. The molecule has 2 aliphatic carbocycles. The number of nitrogens with zero attached hydrogens (tertiary/aromatic N) is 6. The standard InChI is InChI=1S/C74H48N6/c1-73(2)56-30-14-6-22-43(56)51-40-66-53(38-58(51)73)49-28-12-20-36-64(49)79(66)69-55(42-75)68(76-5)70(80-65-37-21-13-29-50(65)54-39-59-52(41-67(54)80)44-23-7-15-31-57(44)74(59,3)4)72(78-62-34-18-10-26-47(62)48-27-11-19-35-63(48)78)71(69)77-60-32-16-8-24-45(60)46-25-9-17-33-61(46)77/h6-41H,1-4H3. The molecule has 0 unspecified atom stereocenters. The van der Waals surface area contributed by atoms with Crippen LogP contribution in [0.25, 0.3) is 137 Å². The number of fused-ring (bicyclic) bond motifs is 18. The van der Waals surface area contributed by atoms with Crippen molar-refractivity contribution in [2.45, 2.75) is 38.5 Å². The highest BCUT2D eigenvalue weighted by Gasteiger charge is 2.40. The molecule has 80 heavy (non-hydrogen) atoms. The van der Waals surface area contributed by atoms with Gasteiger partial charge >= 0.3 is 0 Å². The summed E-state index contributed by atoms with van der Waals surface area (Å²) in [5.41, 5.74) is 20.5. The van der Waals surface area contributed by atoms with E-state index < -0.39 is 0 Å². The third-order valence-corrected chi connectivity index (χ3v) is 18.4. The zero-order valence-electron chi connectivity index (χ0n) is 44.5. The van der Waals surface area contributed by atoms with Gasteiger partial charge in [-0.3, -0.25) is 0 Å². The van der Waals surface area contributed by atoms with Crippen LogP contribution in [0.15, 0.2) is 218 Å². The molecule has 0 N–H and O–H groups in total. The average Bonchev–Trinajstić information content (AvgIpc) is 4.48. The molecule has 11 aromatic carbocycles. The van der Waals surface area contributed by atoms with Crippen molar-refractivity contribution in [3.05, 3.63) is 258 Å². The van der Waals surface area contributed by atoms with Crippen LogP contribution < -0.4 is 0 Å². The Hall–Kier alpha value is -10.4. The van der Waals surface area contributed by atoms with Crippen molar-refractivity contribution in [3.8, 4) is 51.1 Å². The van der Waals surface area contributed by atoms with Gasteiger partial charge in [-0.15, -0.1) is 0 Å². The van der Waals surface area contributed by atoms with Crippen LogP contribution in [0.1, 0.15) is 55.5 Å². The van der Waals surface area contributed by atoms with Crippen LogP contribution in [0.2, 0.25) is 0 Å². The minimum Gasteiger partial charge on any atom is -0.317 e. The maximum atomic E-state index is 12.6. The highest BCUT2D eigenvalue weighted by molar-refractivity contribution is 6.18. The van der Waals surface area contributed by atoms with Gasteiger partial charge in [0.15, 0.2) is 0 Å². The molecular formula is C74H48N6. The van der Waals surface area contributed by atoms with Crippen LogP contribution in [-0.2, 0) is 10.8 Å². The quantitative estimate of drug-likeness (QED) is 0.162. The molecule has 0 aliphatic heterocycles. The minimum absolute atomic E-state index is 0.251. The van der Waals surface area contributed by atoms with Gasteiger partial charge in [-0.25, -0.2) is 4.85 Å². The Bertz CT molecular complexity index is 4960. The fraction of sp³-hybridized carbons (Fsp3) is 0.0811. The van der Waals surface area contributed by atoms with Crippen LogP contribution in [0.3, 0.4) is 0 Å². The molecule has 0 atom stereocenters. The van der Waals surface area contributed by atoms with E-state index in [0.29, 0.717) is 16.9 Å². The summed E-state index contributed by atoms with van der Waals surface area (Å²) >= 11 is 0. The van der Waals surface area contributed by atoms with Gasteiger partial charge < -0.3 is 18.3 Å². The summed E-state index contributed by atoms with van der Waals surface area (Å²) in [4.78, 5) is 4.73. The van der Waals surface area contributed by atoms with Gasteiger partial charge in [0, 0.05) is 53.9 Å². The molecule has 15 aromatic rings. The van der Waals surface area contributed by atoms with Crippen LogP contribution >= 0.6 is 0 Å². The van der Waals surface area contributed by atoms with Gasteiger partial charge in [-0.1, -0.05) is 185 Å². The number of aromatic nitrogens is 4. The van der Waals surface area contributed by atoms with Crippen molar-refractivity contribution >= 4 is 92.9 Å². The van der Waals surface area contributed by atoms with Crippen molar-refractivity contribution in [2.24, 2.45) is 0 Å². The number of hydrogen-bond donors (Lipinski definition) is 0. The Balaban J connectivity index is 1.17. The Morgan fingerprint density at radius 1 is 0.325 bits per heavy atom. The maximum Gasteiger partial charge on any atom is 0.232 e. The summed E-state index contributed by atoms with van der Waals surface area (Å²) in [6.07, 6.45) is 0. The Kier molecular flexibility index (Phi) is 8.74. The van der Waals surface area contributed by atoms with Crippen LogP contribution in [-0.4, -0.2) is 18.3 Å². The first-order valence-corrected chi connectivity index (χ1v) is 27.5. The van der Waals surface area contributed by atoms with E-state index >= 15 is 0 Å². The van der Waals surface area contributed by atoms with Gasteiger partial charge in [-0.2, -0.15) is 5.26 Å². The van der Waals surface area contributed by atoms with Crippen molar-refractivity contribution in [1.82, 2.24) is 18.3 Å². The Labute approximate surface area is 461 Å². The fourth-order valence-corrected chi connectivity index (χ4v) is 14.9. The Morgan fingerprint density at radius 3 is 0.988 bits per heavy atom. The van der Waals surface area contributed by atoms with Gasteiger partial charge in [0.25, 0.3) is 0 Å². The lowest BCUT2D eigenvalue weighted by atomic mass is 9.82. The van der Waals surface area contributed by atoms with Crippen molar-refractivity contribution in [1.29, 1.82) is 5.26 Å². The molecule has 0 fully saturated rings. The zero-order valence-corrected chi connectivity index (χ0v) is 44.5. The predicted octanol–water partition coefficient (Wildman–Crippen LogP) is 19.1. The monoisotopic (exact) mass is 1020 g/mol. The van der Waals surface area contributed by atoms with Crippen molar-refractivity contribution in [2.75, 3.05) is 0 Å². The van der Waals surface area contributed by atoms with E-state index in [1.807, 2.05) is 0 Å². The molecule has 0 radical (unpaired) electrons. The van der Waals surface area contributed by atoms with E-state index in [-0.39, 0.29) is 16.5 Å². The molecule has 0 saturated heterocycles. The molecule has 17 rings (SSSR count). The Morgan fingerprint density at radius 2 is 0.625 bits per heavy atom. The molecule has 6 nitrogen and oxygen atoms in total. The predicted molar refractivity (Wildman–Crippen MR) is 330 cm³/mol. The van der Waals surface area contributed by atoms with Crippen molar-refractivity contribution in [3.63, 3.8) is 0 Å². The van der Waals surface area contributed by atoms with Crippen molar-refractivity contribution < 1.29 is 0 Å². The largest absolute Gasteiger partial charge is 0.317 e. The second-order valence-electron chi connectivity index (χ2n) is 23.0. The second kappa shape index (κ2) is 15.6. The summed E-state index contributed by atoms with van der Waals surface area (Å²) in [6, 6.07) is 81.9. The number of rotatable bonds is 4. The molecule has 2 aliphatic rings. The van der Waals surface area contributed by atoms with E-state index in [4.69, 9.17) is 4.85 Å². The first-order valence-electron chi connectivity index (χ1n) is 27.5. The van der Waals surface area contributed by atoms with Crippen LogP contribution in [0.5, 0.6) is 0 Å². The first kappa shape index (κ1) is 44.7. The SMILES string of the molecule is [C-]#[N+]c1c(C#N)c(-n2c3ccccc3c3cc4c(cc32)-c2ccccc2C4(C)C)c(-n2c3ccccc3c3ccccc32)c(-n2c3ccccc3c3ccccc32)c1-n1c2ccccc2c2cc3c(cc21)-c1ccccc1C3(C)C. The fourth-order valence-electron chi connectivity index (χ4n) is 14.9. The number of nitriles is 1. The zero-order chi connectivity index (χ0) is 53.5. The molecule has 374 valence electrons. The summed E-state index contributed by atoms with van der Waals surface area (Å²) in [5.74, 6) is 0. The number of para-hydroxylation sites is 6.